The lowest BCUT2D eigenvalue weighted by molar-refractivity contribution is 0.330. The highest BCUT2D eigenvalue weighted by Gasteiger charge is 2.29. The van der Waals surface area contributed by atoms with Crippen molar-refractivity contribution in [3.63, 3.8) is 0 Å². The third kappa shape index (κ3) is 3.64. The van der Waals surface area contributed by atoms with Crippen molar-refractivity contribution in [2.75, 3.05) is 11.8 Å². The van der Waals surface area contributed by atoms with Crippen LogP contribution >= 0.6 is 23.2 Å². The molecule has 0 atom stereocenters. The summed E-state index contributed by atoms with van der Waals surface area (Å²) in [5, 5.41) is 4.59. The summed E-state index contributed by atoms with van der Waals surface area (Å²) in [4.78, 5) is 0. The maximum absolute atomic E-state index is 6.18. The zero-order valence-corrected chi connectivity index (χ0v) is 13.2. The summed E-state index contributed by atoms with van der Waals surface area (Å²) in [5.41, 5.74) is 2.43. The van der Waals surface area contributed by atoms with Gasteiger partial charge in [-0.25, -0.2) is 0 Å². The molecule has 0 aromatic carbocycles. The Morgan fingerprint density at radius 2 is 1.89 bits per heavy atom. The standard InChI is InChI=1S/C14H24Cl2N2/c1-4-7-14(10-15,11-16)9-13-8-12(5-2)17-18(13)6-3/h8H,4-7,9-11H2,1-3H3. The number of hydrogen-bond acceptors (Lipinski definition) is 1. The van der Waals surface area contributed by atoms with Crippen molar-refractivity contribution in [2.24, 2.45) is 5.41 Å². The number of halogens is 2. The second kappa shape index (κ2) is 7.40. The molecule has 1 heterocycles. The van der Waals surface area contributed by atoms with Crippen LogP contribution in [0, 0.1) is 5.41 Å². The molecule has 1 aromatic heterocycles. The topological polar surface area (TPSA) is 17.8 Å². The van der Waals surface area contributed by atoms with E-state index in [2.05, 4.69) is 36.6 Å². The van der Waals surface area contributed by atoms with Gasteiger partial charge in [0.25, 0.3) is 0 Å². The lowest BCUT2D eigenvalue weighted by atomic mass is 9.82. The lowest BCUT2D eigenvalue weighted by Gasteiger charge is -2.29. The summed E-state index contributed by atoms with van der Waals surface area (Å²) in [7, 11) is 0. The summed E-state index contributed by atoms with van der Waals surface area (Å²) >= 11 is 12.4. The molecular weight excluding hydrogens is 267 g/mol. The number of aryl methyl sites for hydroxylation is 2. The highest BCUT2D eigenvalue weighted by atomic mass is 35.5. The van der Waals surface area contributed by atoms with Gasteiger partial charge in [-0.2, -0.15) is 5.10 Å². The Hall–Kier alpha value is -0.210. The molecule has 0 fully saturated rings. The Morgan fingerprint density at radius 1 is 1.22 bits per heavy atom. The van der Waals surface area contributed by atoms with E-state index in [1.54, 1.807) is 0 Å². The Bertz CT molecular complexity index is 357. The number of alkyl halides is 2. The van der Waals surface area contributed by atoms with Crippen molar-refractivity contribution in [3.8, 4) is 0 Å². The molecule has 0 unspecified atom stereocenters. The number of nitrogens with zero attached hydrogens (tertiary/aromatic N) is 2. The van der Waals surface area contributed by atoms with Crippen LogP contribution in [0.15, 0.2) is 6.07 Å². The maximum Gasteiger partial charge on any atom is 0.0624 e. The van der Waals surface area contributed by atoms with E-state index in [4.69, 9.17) is 23.2 Å². The minimum Gasteiger partial charge on any atom is -0.270 e. The average molecular weight is 291 g/mol. The van der Waals surface area contributed by atoms with Gasteiger partial charge < -0.3 is 0 Å². The highest BCUT2D eigenvalue weighted by Crippen LogP contribution is 2.32. The summed E-state index contributed by atoms with van der Waals surface area (Å²) in [6.45, 7) is 7.35. The molecule has 0 bridgehead atoms. The van der Waals surface area contributed by atoms with Crippen molar-refractivity contribution >= 4 is 23.2 Å². The second-order valence-corrected chi connectivity index (χ2v) is 5.52. The van der Waals surface area contributed by atoms with E-state index in [0.29, 0.717) is 11.8 Å². The zero-order valence-electron chi connectivity index (χ0n) is 11.7. The first-order valence-corrected chi connectivity index (χ1v) is 7.89. The first kappa shape index (κ1) is 15.8. The molecule has 2 nitrogen and oxygen atoms in total. The monoisotopic (exact) mass is 290 g/mol. The van der Waals surface area contributed by atoms with E-state index in [9.17, 15) is 0 Å². The van der Waals surface area contributed by atoms with E-state index in [1.165, 1.54) is 5.69 Å². The first-order valence-electron chi connectivity index (χ1n) is 6.82. The van der Waals surface area contributed by atoms with Crippen LogP contribution in [-0.2, 0) is 19.4 Å². The van der Waals surface area contributed by atoms with Gasteiger partial charge in [-0.3, -0.25) is 4.68 Å². The van der Waals surface area contributed by atoms with Crippen molar-refractivity contribution < 1.29 is 0 Å². The fourth-order valence-corrected chi connectivity index (χ4v) is 3.11. The summed E-state index contributed by atoms with van der Waals surface area (Å²) in [6, 6.07) is 2.20. The third-order valence-corrected chi connectivity index (χ3v) is 4.61. The Morgan fingerprint density at radius 3 is 2.33 bits per heavy atom. The fourth-order valence-electron chi connectivity index (χ4n) is 2.37. The average Bonchev–Trinajstić information content (AvgIpc) is 2.80. The first-order chi connectivity index (χ1) is 8.64. The van der Waals surface area contributed by atoms with Crippen molar-refractivity contribution in [2.45, 2.75) is 53.0 Å². The maximum atomic E-state index is 6.18. The molecule has 0 saturated heterocycles. The normalized spacial score (nSPS) is 12.1. The van der Waals surface area contributed by atoms with Gasteiger partial charge in [-0.15, -0.1) is 23.2 Å². The number of hydrogen-bond donors (Lipinski definition) is 0. The molecule has 104 valence electrons. The second-order valence-electron chi connectivity index (χ2n) is 4.99. The van der Waals surface area contributed by atoms with Gasteiger partial charge in [0.1, 0.15) is 0 Å². The van der Waals surface area contributed by atoms with Crippen LogP contribution in [0.25, 0.3) is 0 Å². The van der Waals surface area contributed by atoms with Gasteiger partial charge >= 0.3 is 0 Å². The van der Waals surface area contributed by atoms with Crippen molar-refractivity contribution in [3.05, 3.63) is 17.5 Å². The van der Waals surface area contributed by atoms with Crippen LogP contribution in [0.5, 0.6) is 0 Å². The van der Waals surface area contributed by atoms with Gasteiger partial charge in [0.05, 0.1) is 5.69 Å². The SMILES string of the molecule is CCCC(CCl)(CCl)Cc1cc(CC)nn1CC. The smallest absolute Gasteiger partial charge is 0.0624 e. The van der Waals surface area contributed by atoms with Crippen LogP contribution in [0.2, 0.25) is 0 Å². The van der Waals surface area contributed by atoms with E-state index >= 15 is 0 Å². The largest absolute Gasteiger partial charge is 0.270 e. The molecule has 1 aromatic rings. The molecule has 0 aliphatic carbocycles. The predicted octanol–water partition coefficient (Wildman–Crippen LogP) is 4.27. The van der Waals surface area contributed by atoms with Crippen LogP contribution in [-0.4, -0.2) is 21.5 Å². The predicted molar refractivity (Wildman–Crippen MR) is 79.8 cm³/mol. The number of aromatic nitrogens is 2. The molecule has 0 amide bonds. The van der Waals surface area contributed by atoms with Crippen LogP contribution in [0.3, 0.4) is 0 Å². The third-order valence-electron chi connectivity index (χ3n) is 3.48. The minimum atomic E-state index is 0.00975. The highest BCUT2D eigenvalue weighted by molar-refractivity contribution is 6.21. The molecule has 0 saturated carbocycles. The lowest BCUT2D eigenvalue weighted by Crippen LogP contribution is -2.29. The minimum absolute atomic E-state index is 0.00975. The molecule has 0 aliphatic rings. The van der Waals surface area contributed by atoms with E-state index in [1.807, 2.05) is 0 Å². The van der Waals surface area contributed by atoms with Gasteiger partial charge in [-0.05, 0) is 32.3 Å². The molecule has 0 spiro atoms. The number of rotatable bonds is 8. The Labute approximate surface area is 121 Å². The van der Waals surface area contributed by atoms with Gasteiger partial charge in [-0.1, -0.05) is 20.3 Å². The molecular formula is C14H24Cl2N2. The molecule has 0 radical (unpaired) electrons. The zero-order chi connectivity index (χ0) is 13.6. The quantitative estimate of drug-likeness (QED) is 0.654. The van der Waals surface area contributed by atoms with Crippen LogP contribution < -0.4 is 0 Å². The molecule has 1 rings (SSSR count). The van der Waals surface area contributed by atoms with E-state index in [-0.39, 0.29) is 5.41 Å². The van der Waals surface area contributed by atoms with Crippen molar-refractivity contribution in [1.82, 2.24) is 9.78 Å². The van der Waals surface area contributed by atoms with Gasteiger partial charge in [0.2, 0.25) is 0 Å². The summed E-state index contributed by atoms with van der Waals surface area (Å²) in [6.07, 6.45) is 4.08. The Balaban J connectivity index is 2.95. The van der Waals surface area contributed by atoms with Crippen LogP contribution in [0.1, 0.15) is 45.0 Å². The molecule has 0 N–H and O–H groups in total. The summed E-state index contributed by atoms with van der Waals surface area (Å²) in [5.74, 6) is 1.22. The Kier molecular flexibility index (Phi) is 6.51. The van der Waals surface area contributed by atoms with Gasteiger partial charge in [0.15, 0.2) is 0 Å². The van der Waals surface area contributed by atoms with Gasteiger partial charge in [0, 0.05) is 29.4 Å². The van der Waals surface area contributed by atoms with Crippen LogP contribution in [0.4, 0.5) is 0 Å². The molecule has 4 heteroatoms. The molecule has 0 aliphatic heterocycles. The fraction of sp³-hybridized carbons (Fsp3) is 0.786. The summed E-state index contributed by atoms with van der Waals surface area (Å²) < 4.78 is 2.09. The van der Waals surface area contributed by atoms with E-state index < -0.39 is 0 Å². The van der Waals surface area contributed by atoms with Crippen molar-refractivity contribution in [1.29, 1.82) is 0 Å². The molecule has 18 heavy (non-hydrogen) atoms. The van der Waals surface area contributed by atoms with E-state index in [0.717, 1.165) is 37.9 Å².